The largest absolute Gasteiger partial charge is 0.494 e. The van der Waals surface area contributed by atoms with Crippen LogP contribution in [0.4, 0.5) is 17.1 Å². The standard InChI is InChI=1S/C17H17N3O5/c1-3-16(21)18-12-6-4-5-11(9-12)17(22)19-14-8-7-13(20(23)24)10-15(14)25-2/h4-10H,3H2,1-2H3,(H,18,21)(H,19,22). The predicted octanol–water partition coefficient (Wildman–Crippen LogP) is 3.20. The molecule has 0 aromatic heterocycles. The summed E-state index contributed by atoms with van der Waals surface area (Å²) in [6, 6.07) is 10.4. The number of hydrogen-bond donors (Lipinski definition) is 2. The second-order valence-corrected chi connectivity index (χ2v) is 5.08. The highest BCUT2D eigenvalue weighted by Crippen LogP contribution is 2.29. The molecule has 0 aliphatic carbocycles. The van der Waals surface area contributed by atoms with Crippen molar-refractivity contribution < 1.29 is 19.2 Å². The van der Waals surface area contributed by atoms with E-state index in [9.17, 15) is 19.7 Å². The summed E-state index contributed by atoms with van der Waals surface area (Å²) in [6.07, 6.45) is 0.330. The van der Waals surface area contributed by atoms with Crippen molar-refractivity contribution in [2.24, 2.45) is 0 Å². The molecule has 2 N–H and O–H groups in total. The third-order valence-electron chi connectivity index (χ3n) is 3.37. The number of nitrogens with zero attached hydrogens (tertiary/aromatic N) is 1. The molecular formula is C17H17N3O5. The summed E-state index contributed by atoms with van der Waals surface area (Å²) >= 11 is 0. The van der Waals surface area contributed by atoms with E-state index >= 15 is 0 Å². The van der Waals surface area contributed by atoms with Gasteiger partial charge in [-0.1, -0.05) is 13.0 Å². The Morgan fingerprint density at radius 2 is 1.92 bits per heavy atom. The number of methoxy groups -OCH3 is 1. The molecule has 2 aromatic rings. The second-order valence-electron chi connectivity index (χ2n) is 5.08. The van der Waals surface area contributed by atoms with Crippen molar-refractivity contribution in [1.29, 1.82) is 0 Å². The molecule has 2 rings (SSSR count). The van der Waals surface area contributed by atoms with E-state index in [1.807, 2.05) is 0 Å². The molecule has 0 atom stereocenters. The zero-order chi connectivity index (χ0) is 18.4. The van der Waals surface area contributed by atoms with E-state index < -0.39 is 10.8 Å². The van der Waals surface area contributed by atoms with Gasteiger partial charge in [0.25, 0.3) is 11.6 Å². The monoisotopic (exact) mass is 343 g/mol. The number of carbonyl (C=O) groups is 2. The van der Waals surface area contributed by atoms with E-state index in [1.165, 1.54) is 25.3 Å². The summed E-state index contributed by atoms with van der Waals surface area (Å²) in [7, 11) is 1.36. The number of ether oxygens (including phenoxy) is 1. The Balaban J connectivity index is 2.21. The summed E-state index contributed by atoms with van der Waals surface area (Å²) in [5, 5.41) is 16.1. The second kappa shape index (κ2) is 7.91. The number of nitro benzene ring substituents is 1. The first kappa shape index (κ1) is 17.9. The van der Waals surface area contributed by atoms with Gasteiger partial charge in [-0.25, -0.2) is 0 Å². The molecule has 0 spiro atoms. The molecular weight excluding hydrogens is 326 g/mol. The van der Waals surface area contributed by atoms with Gasteiger partial charge in [-0.15, -0.1) is 0 Å². The SMILES string of the molecule is CCC(=O)Nc1cccc(C(=O)Nc2ccc([N+](=O)[O-])cc2OC)c1. The molecule has 2 amide bonds. The van der Waals surface area contributed by atoms with Crippen LogP contribution < -0.4 is 15.4 Å². The van der Waals surface area contributed by atoms with E-state index in [1.54, 1.807) is 31.2 Å². The Labute approximate surface area is 144 Å². The molecule has 0 aliphatic rings. The van der Waals surface area contributed by atoms with Crippen molar-refractivity contribution in [3.05, 3.63) is 58.1 Å². The van der Waals surface area contributed by atoms with Gasteiger partial charge in [-0.05, 0) is 24.3 Å². The quantitative estimate of drug-likeness (QED) is 0.618. The van der Waals surface area contributed by atoms with Crippen LogP contribution >= 0.6 is 0 Å². The number of carbonyl (C=O) groups excluding carboxylic acids is 2. The molecule has 8 heteroatoms. The highest BCUT2D eigenvalue weighted by Gasteiger charge is 2.14. The van der Waals surface area contributed by atoms with E-state index in [2.05, 4.69) is 10.6 Å². The maximum atomic E-state index is 12.4. The number of nitro groups is 1. The van der Waals surface area contributed by atoms with Crippen LogP contribution in [0.2, 0.25) is 0 Å². The van der Waals surface area contributed by atoms with E-state index in [4.69, 9.17) is 4.74 Å². The maximum Gasteiger partial charge on any atom is 0.273 e. The van der Waals surface area contributed by atoms with Gasteiger partial charge in [0.15, 0.2) is 0 Å². The Morgan fingerprint density at radius 3 is 2.56 bits per heavy atom. The van der Waals surface area contributed by atoms with Crippen molar-refractivity contribution in [3.63, 3.8) is 0 Å². The topological polar surface area (TPSA) is 111 Å². The van der Waals surface area contributed by atoms with Crippen LogP contribution in [0.25, 0.3) is 0 Å². The lowest BCUT2D eigenvalue weighted by Gasteiger charge is -2.11. The zero-order valence-electron chi connectivity index (χ0n) is 13.7. The van der Waals surface area contributed by atoms with Crippen LogP contribution in [0.5, 0.6) is 5.75 Å². The first-order valence-corrected chi connectivity index (χ1v) is 7.48. The van der Waals surface area contributed by atoms with Gasteiger partial charge in [-0.2, -0.15) is 0 Å². The lowest BCUT2D eigenvalue weighted by atomic mass is 10.1. The first-order valence-electron chi connectivity index (χ1n) is 7.48. The number of non-ortho nitro benzene ring substituents is 1. The van der Waals surface area contributed by atoms with Crippen LogP contribution in [0, 0.1) is 10.1 Å². The van der Waals surface area contributed by atoms with Crippen LogP contribution in [0.15, 0.2) is 42.5 Å². The van der Waals surface area contributed by atoms with Crippen LogP contribution in [-0.2, 0) is 4.79 Å². The average Bonchev–Trinajstić information content (AvgIpc) is 2.61. The van der Waals surface area contributed by atoms with Crippen molar-refractivity contribution >= 4 is 28.9 Å². The van der Waals surface area contributed by atoms with E-state index in [0.717, 1.165) is 0 Å². The molecule has 25 heavy (non-hydrogen) atoms. The molecule has 0 unspecified atom stereocenters. The van der Waals surface area contributed by atoms with Gasteiger partial charge in [0, 0.05) is 23.7 Å². The molecule has 0 bridgehead atoms. The van der Waals surface area contributed by atoms with Crippen LogP contribution in [-0.4, -0.2) is 23.8 Å². The molecule has 0 heterocycles. The molecule has 8 nitrogen and oxygen atoms in total. The van der Waals surface area contributed by atoms with Crippen molar-refractivity contribution in [1.82, 2.24) is 0 Å². The summed E-state index contributed by atoms with van der Waals surface area (Å²) < 4.78 is 5.09. The fourth-order valence-corrected chi connectivity index (χ4v) is 2.08. The molecule has 0 fully saturated rings. The highest BCUT2D eigenvalue weighted by molar-refractivity contribution is 6.06. The Kier molecular flexibility index (Phi) is 5.67. The number of benzene rings is 2. The van der Waals surface area contributed by atoms with Gasteiger partial charge in [-0.3, -0.25) is 19.7 Å². The smallest absolute Gasteiger partial charge is 0.273 e. The highest BCUT2D eigenvalue weighted by atomic mass is 16.6. The summed E-state index contributed by atoms with van der Waals surface area (Å²) in [6.45, 7) is 1.73. The Morgan fingerprint density at radius 1 is 1.16 bits per heavy atom. The fourth-order valence-electron chi connectivity index (χ4n) is 2.08. The molecule has 0 radical (unpaired) electrons. The van der Waals surface area contributed by atoms with Crippen molar-refractivity contribution in [3.8, 4) is 5.75 Å². The van der Waals surface area contributed by atoms with Crippen LogP contribution in [0.1, 0.15) is 23.7 Å². The fraction of sp³-hybridized carbons (Fsp3) is 0.176. The van der Waals surface area contributed by atoms with Crippen LogP contribution in [0.3, 0.4) is 0 Å². The minimum Gasteiger partial charge on any atom is -0.494 e. The van der Waals surface area contributed by atoms with E-state index in [-0.39, 0.29) is 17.3 Å². The number of rotatable bonds is 6. The van der Waals surface area contributed by atoms with Crippen molar-refractivity contribution in [2.45, 2.75) is 13.3 Å². The van der Waals surface area contributed by atoms with Gasteiger partial charge in [0.05, 0.1) is 23.8 Å². The summed E-state index contributed by atoms with van der Waals surface area (Å²) in [5.41, 5.74) is 1.00. The zero-order valence-corrected chi connectivity index (χ0v) is 13.7. The van der Waals surface area contributed by atoms with Gasteiger partial charge >= 0.3 is 0 Å². The average molecular weight is 343 g/mol. The van der Waals surface area contributed by atoms with Crippen molar-refractivity contribution in [2.75, 3.05) is 17.7 Å². The van der Waals surface area contributed by atoms with E-state index in [0.29, 0.717) is 23.4 Å². The minimum absolute atomic E-state index is 0.140. The normalized spacial score (nSPS) is 10.0. The van der Waals surface area contributed by atoms with Gasteiger partial charge in [0.1, 0.15) is 5.75 Å². The first-order chi connectivity index (χ1) is 11.9. The maximum absolute atomic E-state index is 12.4. The molecule has 0 saturated carbocycles. The summed E-state index contributed by atoms with van der Waals surface area (Å²) in [4.78, 5) is 34.1. The molecule has 0 saturated heterocycles. The molecule has 0 aliphatic heterocycles. The number of nitrogens with one attached hydrogen (secondary N) is 2. The number of amides is 2. The van der Waals surface area contributed by atoms with Gasteiger partial charge < -0.3 is 15.4 Å². The lowest BCUT2D eigenvalue weighted by Crippen LogP contribution is -2.14. The summed E-state index contributed by atoms with van der Waals surface area (Å²) in [5.74, 6) is -0.410. The number of hydrogen-bond acceptors (Lipinski definition) is 5. The third kappa shape index (κ3) is 4.54. The van der Waals surface area contributed by atoms with Gasteiger partial charge in [0.2, 0.25) is 5.91 Å². The third-order valence-corrected chi connectivity index (χ3v) is 3.37. The molecule has 2 aromatic carbocycles. The predicted molar refractivity (Wildman–Crippen MR) is 93.0 cm³/mol. The lowest BCUT2D eigenvalue weighted by molar-refractivity contribution is -0.384. The molecule has 130 valence electrons. The minimum atomic E-state index is -0.548. The Hall–Kier alpha value is -3.42. The Bertz CT molecular complexity index is 820. The number of anilines is 2.